The van der Waals surface area contributed by atoms with Crippen molar-refractivity contribution in [2.75, 3.05) is 0 Å². The second kappa shape index (κ2) is 4.70. The van der Waals surface area contributed by atoms with E-state index >= 15 is 0 Å². The zero-order valence-electron chi connectivity index (χ0n) is 9.21. The molecule has 0 atom stereocenters. The molecule has 76 valence electrons. The van der Waals surface area contributed by atoms with E-state index in [9.17, 15) is 0 Å². The maximum atomic E-state index is 5.25. The van der Waals surface area contributed by atoms with Crippen molar-refractivity contribution in [3.05, 3.63) is 35.9 Å². The summed E-state index contributed by atoms with van der Waals surface area (Å²) in [6, 6.07) is 10.6. The van der Waals surface area contributed by atoms with Crippen LogP contribution in [0.25, 0.3) is 0 Å². The van der Waals surface area contributed by atoms with Crippen LogP contribution < -0.4 is 0 Å². The molecule has 0 aliphatic heterocycles. The molecule has 0 radical (unpaired) electrons. The minimum Gasteiger partial charge on any atom is -0.0894 e. The van der Waals surface area contributed by atoms with Gasteiger partial charge in [0.1, 0.15) is 0 Å². The molecule has 0 nitrogen and oxygen atoms in total. The van der Waals surface area contributed by atoms with Gasteiger partial charge in [-0.1, -0.05) is 56.4 Å². The van der Waals surface area contributed by atoms with Crippen molar-refractivity contribution in [2.24, 2.45) is 5.41 Å². The minimum absolute atomic E-state index is 0.186. The Hall–Kier alpha value is -0.690. The lowest BCUT2D eigenvalue weighted by molar-refractivity contribution is 0.481. The molecule has 0 fully saturated rings. The highest BCUT2D eigenvalue weighted by molar-refractivity contribution is 7.80. The van der Waals surface area contributed by atoms with Crippen molar-refractivity contribution in [1.82, 2.24) is 0 Å². The first-order valence-electron chi connectivity index (χ1n) is 5.07. The van der Waals surface area contributed by atoms with Gasteiger partial charge in [-0.25, -0.2) is 0 Å². The molecule has 0 spiro atoms. The number of rotatable bonds is 4. The van der Waals surface area contributed by atoms with Crippen molar-refractivity contribution >= 4 is 17.1 Å². The fourth-order valence-electron chi connectivity index (χ4n) is 1.28. The van der Waals surface area contributed by atoms with Gasteiger partial charge in [-0.05, 0) is 35.6 Å². The van der Waals surface area contributed by atoms with Crippen molar-refractivity contribution < 1.29 is 0 Å². The number of aryl methyl sites for hydroxylation is 1. The molecule has 0 aliphatic rings. The van der Waals surface area contributed by atoms with Crippen molar-refractivity contribution in [3.8, 4) is 0 Å². The lowest BCUT2D eigenvalue weighted by Crippen LogP contribution is -2.20. The molecule has 0 N–H and O–H groups in total. The minimum atomic E-state index is 0.186. The molecular formula is C13H18S. The van der Waals surface area contributed by atoms with Crippen LogP contribution in [-0.4, -0.2) is 4.86 Å². The Morgan fingerprint density at radius 2 is 1.79 bits per heavy atom. The van der Waals surface area contributed by atoms with E-state index in [0.29, 0.717) is 0 Å². The van der Waals surface area contributed by atoms with E-state index in [4.69, 9.17) is 12.2 Å². The molecule has 1 rings (SSSR count). The zero-order valence-corrected chi connectivity index (χ0v) is 10.0. The van der Waals surface area contributed by atoms with Crippen molar-refractivity contribution in [1.29, 1.82) is 0 Å². The zero-order chi connectivity index (χ0) is 10.6. The fraction of sp³-hybridized carbons (Fsp3) is 0.462. The van der Waals surface area contributed by atoms with E-state index in [1.807, 2.05) is 6.92 Å². The molecule has 0 aliphatic carbocycles. The Morgan fingerprint density at radius 1 is 1.21 bits per heavy atom. The molecule has 0 unspecified atom stereocenters. The van der Waals surface area contributed by atoms with Crippen LogP contribution in [0.5, 0.6) is 0 Å². The molecule has 1 aromatic carbocycles. The van der Waals surface area contributed by atoms with Gasteiger partial charge in [0.05, 0.1) is 0 Å². The number of benzene rings is 1. The summed E-state index contributed by atoms with van der Waals surface area (Å²) in [5.41, 5.74) is 1.59. The quantitative estimate of drug-likeness (QED) is 0.670. The van der Waals surface area contributed by atoms with Crippen LogP contribution in [0.4, 0.5) is 0 Å². The largest absolute Gasteiger partial charge is 0.0894 e. The fourth-order valence-corrected chi connectivity index (χ4v) is 1.38. The van der Waals surface area contributed by atoms with Gasteiger partial charge in [-0.2, -0.15) is 0 Å². The Labute approximate surface area is 92.3 Å². The van der Waals surface area contributed by atoms with Gasteiger partial charge in [-0.15, -0.1) is 0 Å². The summed E-state index contributed by atoms with van der Waals surface area (Å²) in [6.07, 6.45) is 2.24. The first-order chi connectivity index (χ1) is 6.52. The third-order valence-electron chi connectivity index (χ3n) is 2.83. The summed E-state index contributed by atoms with van der Waals surface area (Å²) in [6.45, 7) is 6.48. The van der Waals surface area contributed by atoms with Crippen LogP contribution in [-0.2, 0) is 6.42 Å². The predicted octanol–water partition coefficient (Wildman–Crippen LogP) is 4.04. The van der Waals surface area contributed by atoms with Gasteiger partial charge >= 0.3 is 0 Å². The smallest absolute Gasteiger partial charge is 0.00396 e. The highest BCUT2D eigenvalue weighted by atomic mass is 32.1. The van der Waals surface area contributed by atoms with Crippen LogP contribution in [0, 0.1) is 5.41 Å². The normalized spacial score (nSPS) is 11.4. The number of hydrogen-bond acceptors (Lipinski definition) is 1. The first-order valence-corrected chi connectivity index (χ1v) is 5.48. The third-order valence-corrected chi connectivity index (χ3v) is 3.39. The molecule has 0 saturated carbocycles. The van der Waals surface area contributed by atoms with E-state index in [1.54, 1.807) is 0 Å². The summed E-state index contributed by atoms with van der Waals surface area (Å²) in [4.78, 5) is 1.11. The lowest BCUT2D eigenvalue weighted by Gasteiger charge is -2.23. The van der Waals surface area contributed by atoms with Gasteiger partial charge in [0.2, 0.25) is 0 Å². The highest BCUT2D eigenvalue weighted by Gasteiger charge is 2.19. The van der Waals surface area contributed by atoms with Gasteiger partial charge in [0.25, 0.3) is 0 Å². The van der Waals surface area contributed by atoms with Crippen LogP contribution in [0.1, 0.15) is 32.8 Å². The first kappa shape index (κ1) is 11.4. The standard InChI is InChI=1S/C13H18S/c1-11(14)13(2,3)10-9-12-7-5-4-6-8-12/h4-8H,9-10H2,1-3H3. The molecule has 14 heavy (non-hydrogen) atoms. The second-order valence-corrected chi connectivity index (χ2v) is 5.04. The second-order valence-electron chi connectivity index (χ2n) is 4.43. The third kappa shape index (κ3) is 3.22. The molecular weight excluding hydrogens is 188 g/mol. The molecule has 1 aromatic rings. The molecule has 0 aromatic heterocycles. The predicted molar refractivity (Wildman–Crippen MR) is 66.8 cm³/mol. The van der Waals surface area contributed by atoms with Crippen molar-refractivity contribution in [3.63, 3.8) is 0 Å². The van der Waals surface area contributed by atoms with Gasteiger partial charge in [0, 0.05) is 0 Å². The number of thiocarbonyl (C=S) groups is 1. The van der Waals surface area contributed by atoms with E-state index in [0.717, 1.165) is 17.7 Å². The maximum absolute atomic E-state index is 5.25. The Kier molecular flexibility index (Phi) is 3.82. The van der Waals surface area contributed by atoms with Crippen LogP contribution in [0.2, 0.25) is 0 Å². The van der Waals surface area contributed by atoms with E-state index in [-0.39, 0.29) is 5.41 Å². The van der Waals surface area contributed by atoms with Gasteiger partial charge in [0.15, 0.2) is 0 Å². The highest BCUT2D eigenvalue weighted by Crippen LogP contribution is 2.24. The van der Waals surface area contributed by atoms with E-state index in [1.165, 1.54) is 5.56 Å². The number of hydrogen-bond donors (Lipinski definition) is 0. The summed E-state index contributed by atoms with van der Waals surface area (Å²) in [5.74, 6) is 0. The van der Waals surface area contributed by atoms with Crippen LogP contribution in [0.3, 0.4) is 0 Å². The summed E-state index contributed by atoms with van der Waals surface area (Å²) < 4.78 is 0. The maximum Gasteiger partial charge on any atom is -0.00396 e. The van der Waals surface area contributed by atoms with E-state index in [2.05, 4.69) is 44.2 Å². The van der Waals surface area contributed by atoms with Crippen molar-refractivity contribution in [2.45, 2.75) is 33.6 Å². The Balaban J connectivity index is 2.53. The molecule has 1 heteroatoms. The Morgan fingerprint density at radius 3 is 2.29 bits per heavy atom. The van der Waals surface area contributed by atoms with Gasteiger partial charge < -0.3 is 0 Å². The van der Waals surface area contributed by atoms with Gasteiger partial charge in [-0.3, -0.25) is 0 Å². The van der Waals surface area contributed by atoms with Crippen LogP contribution in [0.15, 0.2) is 30.3 Å². The molecule has 0 amide bonds. The average Bonchev–Trinajstić information content (AvgIpc) is 2.16. The molecule has 0 heterocycles. The molecule has 0 bridgehead atoms. The van der Waals surface area contributed by atoms with E-state index < -0.39 is 0 Å². The topological polar surface area (TPSA) is 0 Å². The lowest BCUT2D eigenvalue weighted by atomic mass is 9.84. The summed E-state index contributed by atoms with van der Waals surface area (Å²) in [5, 5.41) is 0. The monoisotopic (exact) mass is 206 g/mol. The van der Waals surface area contributed by atoms with Crippen LogP contribution >= 0.6 is 12.2 Å². The SMILES string of the molecule is CC(=S)C(C)(C)CCc1ccccc1. The average molecular weight is 206 g/mol. The summed E-state index contributed by atoms with van der Waals surface area (Å²) in [7, 11) is 0. The summed E-state index contributed by atoms with van der Waals surface area (Å²) >= 11 is 5.25. The Bertz CT molecular complexity index is 298. The molecule has 0 saturated heterocycles.